The lowest BCUT2D eigenvalue weighted by Gasteiger charge is -2.32. The van der Waals surface area contributed by atoms with Crippen LogP contribution in [0.3, 0.4) is 0 Å². The SMILES string of the molecule is CC[C@H](C)NC(=O)[C@@H](C)N(Cc1ccccc1F)C(=O)CN(c1ccc2c(c1)OCCO2)S(C)(=O)=O. The average molecular weight is 522 g/mol. The number of hydrogen-bond acceptors (Lipinski definition) is 6. The van der Waals surface area contributed by atoms with Crippen LogP contribution < -0.4 is 19.1 Å². The molecule has 1 N–H and O–H groups in total. The van der Waals surface area contributed by atoms with E-state index in [1.54, 1.807) is 12.1 Å². The molecule has 0 saturated carbocycles. The summed E-state index contributed by atoms with van der Waals surface area (Å²) < 4.78 is 51.8. The molecule has 0 fully saturated rings. The molecule has 0 bridgehead atoms. The van der Waals surface area contributed by atoms with Crippen LogP contribution in [0.15, 0.2) is 42.5 Å². The summed E-state index contributed by atoms with van der Waals surface area (Å²) >= 11 is 0. The lowest BCUT2D eigenvalue weighted by atomic mass is 10.1. The summed E-state index contributed by atoms with van der Waals surface area (Å²) in [5.41, 5.74) is 0.414. The number of ether oxygens (including phenoxy) is 2. The first-order valence-corrected chi connectivity index (χ1v) is 13.6. The van der Waals surface area contributed by atoms with E-state index in [9.17, 15) is 22.4 Å². The van der Waals surface area contributed by atoms with Gasteiger partial charge in [0, 0.05) is 24.2 Å². The Labute approximate surface area is 211 Å². The summed E-state index contributed by atoms with van der Waals surface area (Å²) in [7, 11) is -3.91. The van der Waals surface area contributed by atoms with Gasteiger partial charge in [-0.2, -0.15) is 0 Å². The highest BCUT2D eigenvalue weighted by Gasteiger charge is 2.31. The molecule has 1 aliphatic heterocycles. The molecule has 3 rings (SSSR count). The van der Waals surface area contributed by atoms with Gasteiger partial charge in [-0.25, -0.2) is 12.8 Å². The summed E-state index contributed by atoms with van der Waals surface area (Å²) in [5, 5.41) is 2.83. The van der Waals surface area contributed by atoms with Gasteiger partial charge in [0.25, 0.3) is 0 Å². The predicted octanol–water partition coefficient (Wildman–Crippen LogP) is 2.69. The number of nitrogens with one attached hydrogen (secondary N) is 1. The molecule has 2 aromatic carbocycles. The third kappa shape index (κ3) is 6.66. The van der Waals surface area contributed by atoms with Crippen LogP contribution in [0.2, 0.25) is 0 Å². The van der Waals surface area contributed by atoms with Crippen molar-refractivity contribution in [2.75, 3.05) is 30.3 Å². The number of amides is 2. The molecular formula is C25H32FN3O6S. The van der Waals surface area contributed by atoms with Crippen molar-refractivity contribution in [2.24, 2.45) is 0 Å². The van der Waals surface area contributed by atoms with E-state index < -0.39 is 40.2 Å². The first-order chi connectivity index (χ1) is 17.0. The normalized spacial score (nSPS) is 14.5. The molecule has 0 aliphatic carbocycles. The molecule has 11 heteroatoms. The Morgan fingerprint density at radius 2 is 1.75 bits per heavy atom. The Hall–Kier alpha value is -3.34. The van der Waals surface area contributed by atoms with Crippen LogP contribution in [0.1, 0.15) is 32.8 Å². The molecule has 1 aliphatic rings. The van der Waals surface area contributed by atoms with Gasteiger partial charge < -0.3 is 19.7 Å². The van der Waals surface area contributed by atoms with E-state index in [1.807, 2.05) is 13.8 Å². The van der Waals surface area contributed by atoms with Gasteiger partial charge in [-0.15, -0.1) is 0 Å². The van der Waals surface area contributed by atoms with Gasteiger partial charge in [0.15, 0.2) is 11.5 Å². The highest BCUT2D eigenvalue weighted by Crippen LogP contribution is 2.34. The number of sulfonamides is 1. The predicted molar refractivity (Wildman–Crippen MR) is 134 cm³/mol. The molecular weight excluding hydrogens is 489 g/mol. The quantitative estimate of drug-likeness (QED) is 0.516. The van der Waals surface area contributed by atoms with Gasteiger partial charge in [0.05, 0.1) is 11.9 Å². The molecule has 1 heterocycles. The molecule has 2 atom stereocenters. The van der Waals surface area contributed by atoms with E-state index in [0.29, 0.717) is 31.1 Å². The molecule has 196 valence electrons. The minimum absolute atomic E-state index is 0.129. The van der Waals surface area contributed by atoms with Gasteiger partial charge >= 0.3 is 0 Å². The van der Waals surface area contributed by atoms with Crippen molar-refractivity contribution >= 4 is 27.5 Å². The molecule has 0 saturated heterocycles. The Morgan fingerprint density at radius 3 is 2.39 bits per heavy atom. The van der Waals surface area contributed by atoms with Crippen LogP contribution in [-0.2, 0) is 26.2 Å². The first kappa shape index (κ1) is 27.3. The van der Waals surface area contributed by atoms with E-state index in [-0.39, 0.29) is 23.8 Å². The maximum absolute atomic E-state index is 14.4. The second-order valence-corrected chi connectivity index (χ2v) is 10.6. The van der Waals surface area contributed by atoms with Crippen molar-refractivity contribution in [3.63, 3.8) is 0 Å². The minimum atomic E-state index is -3.91. The van der Waals surface area contributed by atoms with E-state index >= 15 is 0 Å². The van der Waals surface area contributed by atoms with Crippen LogP contribution in [0, 0.1) is 5.82 Å². The third-order valence-corrected chi connectivity index (χ3v) is 7.10. The van der Waals surface area contributed by atoms with Gasteiger partial charge in [-0.1, -0.05) is 25.1 Å². The Bertz CT molecular complexity index is 1210. The maximum Gasteiger partial charge on any atom is 0.244 e. The van der Waals surface area contributed by atoms with Gasteiger partial charge in [0.2, 0.25) is 21.8 Å². The Balaban J connectivity index is 1.92. The maximum atomic E-state index is 14.4. The van der Waals surface area contributed by atoms with Crippen LogP contribution in [0.5, 0.6) is 11.5 Å². The Kier molecular flexibility index (Phi) is 8.78. The van der Waals surface area contributed by atoms with Crippen molar-refractivity contribution < 1.29 is 31.9 Å². The molecule has 2 amide bonds. The molecule has 9 nitrogen and oxygen atoms in total. The molecule has 2 aromatic rings. The topological polar surface area (TPSA) is 105 Å². The van der Waals surface area contributed by atoms with E-state index in [1.165, 1.54) is 42.2 Å². The number of anilines is 1. The zero-order valence-electron chi connectivity index (χ0n) is 20.9. The largest absolute Gasteiger partial charge is 0.486 e. The van der Waals surface area contributed by atoms with Gasteiger partial charge in [-0.3, -0.25) is 13.9 Å². The number of carbonyl (C=O) groups excluding carboxylic acids is 2. The van der Waals surface area contributed by atoms with Crippen molar-refractivity contribution in [2.45, 2.75) is 45.8 Å². The summed E-state index contributed by atoms with van der Waals surface area (Å²) in [6, 6.07) is 9.41. The van der Waals surface area contributed by atoms with Gasteiger partial charge in [0.1, 0.15) is 31.6 Å². The average Bonchev–Trinajstić information content (AvgIpc) is 2.85. The molecule has 0 radical (unpaired) electrons. The molecule has 0 aromatic heterocycles. The number of carbonyl (C=O) groups is 2. The lowest BCUT2D eigenvalue weighted by Crippen LogP contribution is -2.52. The molecule has 0 spiro atoms. The number of nitrogens with zero attached hydrogens (tertiary/aromatic N) is 2. The molecule has 36 heavy (non-hydrogen) atoms. The second kappa shape index (κ2) is 11.6. The third-order valence-electron chi connectivity index (χ3n) is 5.96. The number of halogens is 1. The lowest BCUT2D eigenvalue weighted by molar-refractivity contribution is -0.139. The Morgan fingerprint density at radius 1 is 1.08 bits per heavy atom. The zero-order valence-corrected chi connectivity index (χ0v) is 21.7. The van der Waals surface area contributed by atoms with Crippen LogP contribution in [-0.4, -0.2) is 63.2 Å². The fourth-order valence-electron chi connectivity index (χ4n) is 3.66. The smallest absolute Gasteiger partial charge is 0.244 e. The highest BCUT2D eigenvalue weighted by molar-refractivity contribution is 7.92. The zero-order chi connectivity index (χ0) is 26.5. The fraction of sp³-hybridized carbons (Fsp3) is 0.440. The fourth-order valence-corrected chi connectivity index (χ4v) is 4.50. The summed E-state index contributed by atoms with van der Waals surface area (Å²) in [6.45, 7) is 5.17. The van der Waals surface area contributed by atoms with Crippen molar-refractivity contribution in [1.82, 2.24) is 10.2 Å². The van der Waals surface area contributed by atoms with Gasteiger partial charge in [-0.05, 0) is 38.5 Å². The van der Waals surface area contributed by atoms with Crippen molar-refractivity contribution in [3.05, 3.63) is 53.8 Å². The van der Waals surface area contributed by atoms with Crippen molar-refractivity contribution in [1.29, 1.82) is 0 Å². The van der Waals surface area contributed by atoms with Crippen LogP contribution >= 0.6 is 0 Å². The minimum Gasteiger partial charge on any atom is -0.486 e. The summed E-state index contributed by atoms with van der Waals surface area (Å²) in [5.74, 6) is -0.771. The van der Waals surface area contributed by atoms with E-state index in [2.05, 4.69) is 5.32 Å². The monoisotopic (exact) mass is 521 g/mol. The highest BCUT2D eigenvalue weighted by atomic mass is 32.2. The standard InChI is InChI=1S/C25H32FN3O6S/c1-5-17(2)27-25(31)18(3)28(15-19-8-6-7-9-21(19)26)24(30)16-29(36(4,32)33)20-10-11-22-23(14-20)35-13-12-34-22/h6-11,14,17-18H,5,12-13,15-16H2,1-4H3,(H,27,31)/t17-,18+/m0/s1. The second-order valence-electron chi connectivity index (χ2n) is 8.70. The number of hydrogen-bond donors (Lipinski definition) is 1. The van der Waals surface area contributed by atoms with Crippen molar-refractivity contribution in [3.8, 4) is 11.5 Å². The van der Waals surface area contributed by atoms with Crippen LogP contribution in [0.4, 0.5) is 10.1 Å². The number of fused-ring (bicyclic) bond motifs is 1. The first-order valence-electron chi connectivity index (χ1n) is 11.7. The van der Waals surface area contributed by atoms with E-state index in [0.717, 1.165) is 10.6 Å². The number of rotatable bonds is 10. The number of benzene rings is 2. The molecule has 0 unspecified atom stereocenters. The van der Waals surface area contributed by atoms with Crippen LogP contribution in [0.25, 0.3) is 0 Å². The summed E-state index contributed by atoms with van der Waals surface area (Å²) in [6.07, 6.45) is 1.67. The van der Waals surface area contributed by atoms with E-state index in [4.69, 9.17) is 9.47 Å². The summed E-state index contributed by atoms with van der Waals surface area (Å²) in [4.78, 5) is 27.6.